The number of hydrogen-bond acceptors (Lipinski definition) is 5. The molecule has 45 heavy (non-hydrogen) atoms. The van der Waals surface area contributed by atoms with Gasteiger partial charge < -0.3 is 10.1 Å². The quantitative estimate of drug-likeness (QED) is 0.115. The molecule has 230 valence electrons. The van der Waals surface area contributed by atoms with Crippen LogP contribution in [-0.4, -0.2) is 37.7 Å². The second-order valence-electron chi connectivity index (χ2n) is 10.8. The van der Waals surface area contributed by atoms with Crippen molar-refractivity contribution in [3.63, 3.8) is 0 Å². The second-order valence-corrected chi connectivity index (χ2v) is 12.7. The fraction of sp³-hybridized carbons (Fsp3) is 0.189. The summed E-state index contributed by atoms with van der Waals surface area (Å²) in [7, 11) is -3.69. The first-order valence-electron chi connectivity index (χ1n) is 15.1. The van der Waals surface area contributed by atoms with Gasteiger partial charge in [-0.25, -0.2) is 13.2 Å². The lowest BCUT2D eigenvalue weighted by Gasteiger charge is -2.21. The third-order valence-electron chi connectivity index (χ3n) is 7.48. The topological polar surface area (TPSA) is 92.8 Å². The van der Waals surface area contributed by atoms with Crippen LogP contribution >= 0.6 is 0 Å². The van der Waals surface area contributed by atoms with Crippen LogP contribution in [0.5, 0.6) is 5.75 Å². The van der Waals surface area contributed by atoms with E-state index in [4.69, 9.17) is 4.74 Å². The Labute approximate surface area is 264 Å². The van der Waals surface area contributed by atoms with Crippen molar-refractivity contribution in [2.45, 2.75) is 38.1 Å². The summed E-state index contributed by atoms with van der Waals surface area (Å²) in [5, 5.41) is 4.58. The van der Waals surface area contributed by atoms with Gasteiger partial charge in [-0.05, 0) is 76.7 Å². The van der Waals surface area contributed by atoms with Gasteiger partial charge in [0.25, 0.3) is 5.91 Å². The van der Waals surface area contributed by atoms with Crippen LogP contribution in [0.25, 0.3) is 21.9 Å². The zero-order valence-electron chi connectivity index (χ0n) is 25.4. The van der Waals surface area contributed by atoms with Crippen LogP contribution in [0.2, 0.25) is 0 Å². The van der Waals surface area contributed by atoms with E-state index in [-0.39, 0.29) is 34.2 Å². The van der Waals surface area contributed by atoms with Gasteiger partial charge in [-0.3, -0.25) is 4.79 Å². The number of benzene rings is 5. The fourth-order valence-corrected chi connectivity index (χ4v) is 6.75. The van der Waals surface area contributed by atoms with Gasteiger partial charge in [-0.1, -0.05) is 92.7 Å². The van der Waals surface area contributed by atoms with Crippen LogP contribution in [0.1, 0.15) is 53.0 Å². The number of carbonyl (C=O) groups is 2. The Balaban J connectivity index is 1.34. The number of nitrogens with one attached hydrogen (secondary N) is 1. The molecule has 0 spiro atoms. The Morgan fingerprint density at radius 3 is 1.91 bits per heavy atom. The minimum Gasteiger partial charge on any atom is -0.422 e. The molecular formula is C37H36N2O5S. The van der Waals surface area contributed by atoms with E-state index in [1.54, 1.807) is 12.1 Å². The summed E-state index contributed by atoms with van der Waals surface area (Å²) in [6, 6.07) is 34.6. The van der Waals surface area contributed by atoms with E-state index >= 15 is 0 Å². The normalized spacial score (nSPS) is 11.4. The van der Waals surface area contributed by atoms with E-state index in [0.717, 1.165) is 27.5 Å². The summed E-state index contributed by atoms with van der Waals surface area (Å²) >= 11 is 0. The lowest BCUT2D eigenvalue weighted by atomic mass is 10.0. The predicted octanol–water partition coefficient (Wildman–Crippen LogP) is 7.47. The van der Waals surface area contributed by atoms with E-state index in [2.05, 4.69) is 5.32 Å². The Morgan fingerprint density at radius 1 is 0.711 bits per heavy atom. The van der Waals surface area contributed by atoms with Crippen molar-refractivity contribution >= 4 is 32.7 Å². The zero-order chi connectivity index (χ0) is 31.8. The number of amides is 1. The molecule has 0 aromatic heterocycles. The highest BCUT2D eigenvalue weighted by molar-refractivity contribution is 7.89. The van der Waals surface area contributed by atoms with Gasteiger partial charge in [-0.2, -0.15) is 4.31 Å². The second kappa shape index (κ2) is 14.3. The summed E-state index contributed by atoms with van der Waals surface area (Å²) in [6.07, 6.45) is 1.40. The third kappa shape index (κ3) is 7.48. The van der Waals surface area contributed by atoms with Gasteiger partial charge in [0.15, 0.2) is 0 Å². The Hall–Kier alpha value is -4.79. The van der Waals surface area contributed by atoms with Crippen molar-refractivity contribution in [1.29, 1.82) is 0 Å². The number of hydrogen-bond donors (Lipinski definition) is 1. The minimum atomic E-state index is -3.69. The highest BCUT2D eigenvalue weighted by Gasteiger charge is 2.24. The summed E-state index contributed by atoms with van der Waals surface area (Å²) in [6.45, 7) is 5.00. The third-order valence-corrected chi connectivity index (χ3v) is 9.40. The van der Waals surface area contributed by atoms with Crippen LogP contribution in [0.4, 0.5) is 0 Å². The van der Waals surface area contributed by atoms with Crippen molar-refractivity contribution < 1.29 is 22.7 Å². The van der Waals surface area contributed by atoms with Gasteiger partial charge in [0.1, 0.15) is 5.75 Å². The van der Waals surface area contributed by atoms with Gasteiger partial charge in [0.2, 0.25) is 10.0 Å². The molecule has 1 amide bonds. The minimum absolute atomic E-state index is 0.114. The summed E-state index contributed by atoms with van der Waals surface area (Å²) in [5.41, 5.74) is 3.51. The largest absolute Gasteiger partial charge is 0.422 e. The maximum absolute atomic E-state index is 13.4. The van der Waals surface area contributed by atoms with Gasteiger partial charge in [-0.15, -0.1) is 0 Å². The molecule has 0 aliphatic carbocycles. The molecule has 5 aromatic rings. The Morgan fingerprint density at radius 2 is 1.29 bits per heavy atom. The molecule has 0 aliphatic rings. The SMILES string of the molecule is CCCN(CCC)S(=O)(=O)c1ccc(C(=O)Oc2cc3ccccc3cc2C(=O)NCc2ccc(-c3ccccc3)cc2)cc1. The molecule has 7 nitrogen and oxygen atoms in total. The van der Waals surface area contributed by atoms with Crippen LogP contribution in [0.15, 0.2) is 120 Å². The Kier molecular flexibility index (Phi) is 10.1. The first-order chi connectivity index (χ1) is 21.8. The van der Waals surface area contributed by atoms with Crippen LogP contribution in [0.3, 0.4) is 0 Å². The molecule has 0 bridgehead atoms. The Bertz CT molecular complexity index is 1880. The summed E-state index contributed by atoms with van der Waals surface area (Å²) in [5.74, 6) is -0.966. The highest BCUT2D eigenvalue weighted by Crippen LogP contribution is 2.28. The molecule has 0 saturated carbocycles. The van der Waals surface area contributed by atoms with E-state index in [1.807, 2.05) is 92.7 Å². The van der Waals surface area contributed by atoms with Crippen molar-refractivity contribution in [1.82, 2.24) is 9.62 Å². The molecule has 1 N–H and O–H groups in total. The lowest BCUT2D eigenvalue weighted by molar-refractivity contribution is 0.0732. The number of fused-ring (bicyclic) bond motifs is 1. The number of ether oxygens (including phenoxy) is 1. The van der Waals surface area contributed by atoms with Crippen molar-refractivity contribution in [3.8, 4) is 16.9 Å². The van der Waals surface area contributed by atoms with Crippen molar-refractivity contribution in [3.05, 3.63) is 132 Å². The number of sulfonamides is 1. The molecule has 0 unspecified atom stereocenters. The molecule has 0 saturated heterocycles. The lowest BCUT2D eigenvalue weighted by Crippen LogP contribution is -2.32. The first kappa shape index (κ1) is 31.6. The summed E-state index contributed by atoms with van der Waals surface area (Å²) in [4.78, 5) is 26.8. The maximum Gasteiger partial charge on any atom is 0.343 e. The predicted molar refractivity (Wildman–Crippen MR) is 178 cm³/mol. The van der Waals surface area contributed by atoms with Crippen molar-refractivity contribution in [2.24, 2.45) is 0 Å². The van der Waals surface area contributed by atoms with Crippen LogP contribution in [-0.2, 0) is 16.6 Å². The molecular weight excluding hydrogens is 584 g/mol. The van der Waals surface area contributed by atoms with Gasteiger partial charge >= 0.3 is 5.97 Å². The van der Waals surface area contributed by atoms with E-state index < -0.39 is 16.0 Å². The fourth-order valence-electron chi connectivity index (χ4n) is 5.13. The molecule has 0 heterocycles. The van der Waals surface area contributed by atoms with Crippen molar-refractivity contribution in [2.75, 3.05) is 13.1 Å². The number of esters is 1. The monoisotopic (exact) mass is 620 g/mol. The smallest absolute Gasteiger partial charge is 0.343 e. The molecule has 0 radical (unpaired) electrons. The highest BCUT2D eigenvalue weighted by atomic mass is 32.2. The summed E-state index contributed by atoms with van der Waals surface area (Å²) < 4.78 is 33.5. The standard InChI is InChI=1S/C37H36N2O5S/c1-3-22-39(23-4-2)45(42,43)33-20-18-30(19-21-33)37(41)44-35-25-32-13-9-8-12-31(32)24-34(35)36(40)38-26-27-14-16-29(17-15-27)28-10-6-5-7-11-28/h5-21,24-25H,3-4,22-23,26H2,1-2H3,(H,38,40). The first-order valence-corrected chi connectivity index (χ1v) is 16.5. The van der Waals surface area contributed by atoms with E-state index in [9.17, 15) is 18.0 Å². The average molecular weight is 621 g/mol. The molecule has 0 atom stereocenters. The number of carbonyl (C=O) groups excluding carboxylic acids is 2. The number of nitrogens with zero attached hydrogens (tertiary/aromatic N) is 1. The van der Waals surface area contributed by atoms with Crippen LogP contribution in [0, 0.1) is 0 Å². The zero-order valence-corrected chi connectivity index (χ0v) is 26.2. The molecule has 8 heteroatoms. The average Bonchev–Trinajstić information content (AvgIpc) is 3.07. The number of rotatable bonds is 12. The van der Waals surface area contributed by atoms with Gasteiger partial charge in [0, 0.05) is 19.6 Å². The molecule has 0 aliphatic heterocycles. The van der Waals surface area contributed by atoms with E-state index in [1.165, 1.54) is 28.6 Å². The van der Waals surface area contributed by atoms with E-state index in [0.29, 0.717) is 25.9 Å². The molecule has 0 fully saturated rings. The molecule has 5 rings (SSSR count). The van der Waals surface area contributed by atoms with Crippen LogP contribution < -0.4 is 10.1 Å². The maximum atomic E-state index is 13.4. The molecule has 5 aromatic carbocycles. The van der Waals surface area contributed by atoms with Gasteiger partial charge in [0.05, 0.1) is 16.0 Å².